The zero-order chi connectivity index (χ0) is 23.5. The van der Waals surface area contributed by atoms with Gasteiger partial charge in [0.15, 0.2) is 11.6 Å². The van der Waals surface area contributed by atoms with E-state index in [4.69, 9.17) is 0 Å². The monoisotopic (exact) mass is 450 g/mol. The lowest BCUT2D eigenvalue weighted by Crippen LogP contribution is -2.15. The molecule has 0 aliphatic rings. The number of carbonyl (C=O) groups excluding carboxylic acids is 2. The van der Waals surface area contributed by atoms with Crippen LogP contribution in [-0.2, 0) is 19.9 Å². The van der Waals surface area contributed by atoms with E-state index >= 15 is 0 Å². The Kier molecular flexibility index (Phi) is 5.78. The fraction of sp³-hybridized carbons (Fsp3) is 0.154. The normalized spacial score (nSPS) is 11.1. The molecule has 5 rings (SSSR count). The molecule has 0 saturated heterocycles. The second kappa shape index (κ2) is 9.19. The Morgan fingerprint density at radius 2 is 1.74 bits per heavy atom. The lowest BCUT2D eigenvalue weighted by molar-refractivity contribution is 0.0949. The molecule has 0 spiro atoms. The zero-order valence-corrected chi connectivity index (χ0v) is 18.6. The fourth-order valence-electron chi connectivity index (χ4n) is 3.90. The summed E-state index contributed by atoms with van der Waals surface area (Å²) in [5, 5.41) is 4.16. The highest BCUT2D eigenvalue weighted by atomic mass is 16.1. The summed E-state index contributed by atoms with van der Waals surface area (Å²) < 4.78 is 3.28. The number of benzene rings is 1. The Balaban J connectivity index is 1.34. The van der Waals surface area contributed by atoms with Crippen molar-refractivity contribution in [1.29, 1.82) is 0 Å². The van der Waals surface area contributed by atoms with Crippen molar-refractivity contribution in [3.8, 4) is 11.3 Å². The van der Waals surface area contributed by atoms with E-state index in [-0.39, 0.29) is 24.4 Å². The van der Waals surface area contributed by atoms with Gasteiger partial charge >= 0.3 is 0 Å². The van der Waals surface area contributed by atoms with Gasteiger partial charge in [-0.15, -0.1) is 0 Å². The summed E-state index contributed by atoms with van der Waals surface area (Å²) in [6, 6.07) is 17.2. The molecule has 0 unspecified atom stereocenters. The molecule has 4 aromatic heterocycles. The number of pyridine rings is 1. The Labute approximate surface area is 195 Å². The van der Waals surface area contributed by atoms with E-state index in [2.05, 4.69) is 20.1 Å². The predicted molar refractivity (Wildman–Crippen MR) is 127 cm³/mol. The van der Waals surface area contributed by atoms with Crippen LogP contribution in [0.2, 0.25) is 0 Å². The molecule has 168 valence electrons. The number of nitrogens with zero attached hydrogens (tertiary/aromatic N) is 6. The van der Waals surface area contributed by atoms with Crippen LogP contribution in [0.15, 0.2) is 79.4 Å². The molecular weight excluding hydrogens is 428 g/mol. The highest BCUT2D eigenvalue weighted by molar-refractivity contribution is 6.08. The lowest BCUT2D eigenvalue weighted by Gasteiger charge is -2.06. The lowest BCUT2D eigenvalue weighted by atomic mass is 10.0. The highest BCUT2D eigenvalue weighted by Crippen LogP contribution is 2.19. The van der Waals surface area contributed by atoms with E-state index in [1.807, 2.05) is 65.3 Å². The zero-order valence-electron chi connectivity index (χ0n) is 18.6. The first-order chi connectivity index (χ1) is 16.6. The standard InChI is InChI=1S/C26H22N6O2/c1-31-25(21(16-28-31)23(33)11-10-19-9-5-6-13-27-19)24(34)15-20-12-14-32-17-22(30-26(32)29-20)18-7-3-2-4-8-18/h2-9,12-14,16-17H,10-11,15H2,1H3. The first-order valence-corrected chi connectivity index (χ1v) is 11.0. The van der Waals surface area contributed by atoms with Gasteiger partial charge in [-0.1, -0.05) is 36.4 Å². The van der Waals surface area contributed by atoms with Gasteiger partial charge in [0, 0.05) is 43.3 Å². The van der Waals surface area contributed by atoms with Gasteiger partial charge in [-0.2, -0.15) is 5.10 Å². The van der Waals surface area contributed by atoms with E-state index < -0.39 is 0 Å². The van der Waals surface area contributed by atoms with Gasteiger partial charge in [0.25, 0.3) is 0 Å². The summed E-state index contributed by atoms with van der Waals surface area (Å²) in [7, 11) is 1.67. The van der Waals surface area contributed by atoms with Crippen molar-refractivity contribution in [3.05, 3.63) is 102 Å². The van der Waals surface area contributed by atoms with E-state index in [0.717, 1.165) is 17.0 Å². The third kappa shape index (κ3) is 4.38. The summed E-state index contributed by atoms with van der Waals surface area (Å²) in [5.74, 6) is 0.167. The summed E-state index contributed by atoms with van der Waals surface area (Å²) in [6.45, 7) is 0. The van der Waals surface area contributed by atoms with Crippen LogP contribution in [-0.4, -0.2) is 40.7 Å². The molecule has 8 heteroatoms. The Morgan fingerprint density at radius 1 is 0.912 bits per heavy atom. The number of rotatable bonds is 8. The van der Waals surface area contributed by atoms with Crippen LogP contribution in [0.1, 0.15) is 38.7 Å². The van der Waals surface area contributed by atoms with Crippen LogP contribution >= 0.6 is 0 Å². The Morgan fingerprint density at radius 3 is 2.53 bits per heavy atom. The molecule has 34 heavy (non-hydrogen) atoms. The van der Waals surface area contributed by atoms with Crippen molar-refractivity contribution < 1.29 is 9.59 Å². The minimum absolute atomic E-state index is 0.0457. The van der Waals surface area contributed by atoms with Gasteiger partial charge in [0.2, 0.25) is 5.78 Å². The molecule has 0 aliphatic carbocycles. The average molecular weight is 451 g/mol. The number of aromatic nitrogens is 6. The van der Waals surface area contributed by atoms with Crippen LogP contribution in [0, 0.1) is 0 Å². The molecule has 0 amide bonds. The second-order valence-electron chi connectivity index (χ2n) is 7.99. The van der Waals surface area contributed by atoms with Crippen molar-refractivity contribution in [2.45, 2.75) is 19.3 Å². The van der Waals surface area contributed by atoms with Gasteiger partial charge in [-0.05, 0) is 24.6 Å². The molecule has 0 N–H and O–H groups in total. The third-order valence-corrected chi connectivity index (χ3v) is 5.63. The molecule has 0 saturated carbocycles. The average Bonchev–Trinajstić information content (AvgIpc) is 3.47. The molecule has 4 heterocycles. The van der Waals surface area contributed by atoms with Gasteiger partial charge in [-0.25, -0.2) is 9.97 Å². The second-order valence-corrected chi connectivity index (χ2v) is 7.99. The minimum Gasteiger partial charge on any atom is -0.294 e. The number of ketones is 2. The summed E-state index contributed by atoms with van der Waals surface area (Å²) in [5.41, 5.74) is 3.84. The van der Waals surface area contributed by atoms with Crippen LogP contribution in [0.4, 0.5) is 0 Å². The van der Waals surface area contributed by atoms with Crippen molar-refractivity contribution in [1.82, 2.24) is 29.1 Å². The maximum atomic E-state index is 13.2. The molecule has 1 aromatic carbocycles. The van der Waals surface area contributed by atoms with Gasteiger partial charge in [0.1, 0.15) is 5.69 Å². The molecule has 0 radical (unpaired) electrons. The molecule has 5 aromatic rings. The number of carbonyl (C=O) groups is 2. The number of hydrogen-bond donors (Lipinski definition) is 0. The number of fused-ring (bicyclic) bond motifs is 1. The van der Waals surface area contributed by atoms with Crippen LogP contribution in [0.25, 0.3) is 17.0 Å². The van der Waals surface area contributed by atoms with Gasteiger partial charge in [-0.3, -0.25) is 23.7 Å². The van der Waals surface area contributed by atoms with Crippen molar-refractivity contribution in [2.24, 2.45) is 7.05 Å². The summed E-state index contributed by atoms with van der Waals surface area (Å²) in [4.78, 5) is 39.4. The third-order valence-electron chi connectivity index (χ3n) is 5.63. The number of imidazole rings is 1. The largest absolute Gasteiger partial charge is 0.294 e. The number of Topliss-reactive ketones (excluding diaryl/α,β-unsaturated/α-hetero) is 2. The van der Waals surface area contributed by atoms with E-state index in [1.165, 1.54) is 10.9 Å². The van der Waals surface area contributed by atoms with E-state index in [1.54, 1.807) is 19.3 Å². The van der Waals surface area contributed by atoms with Crippen molar-refractivity contribution >= 4 is 17.3 Å². The van der Waals surface area contributed by atoms with Gasteiger partial charge in [0.05, 0.1) is 29.6 Å². The molecular formula is C26H22N6O2. The minimum atomic E-state index is -0.215. The Bertz CT molecular complexity index is 1470. The number of aryl methyl sites for hydroxylation is 2. The molecule has 0 bridgehead atoms. The number of hydrogen-bond acceptors (Lipinski definition) is 6. The highest BCUT2D eigenvalue weighted by Gasteiger charge is 2.22. The summed E-state index contributed by atoms with van der Waals surface area (Å²) >= 11 is 0. The van der Waals surface area contributed by atoms with Gasteiger partial charge < -0.3 is 0 Å². The smallest absolute Gasteiger partial charge is 0.234 e. The van der Waals surface area contributed by atoms with Crippen molar-refractivity contribution in [2.75, 3.05) is 0 Å². The fourth-order valence-corrected chi connectivity index (χ4v) is 3.90. The molecule has 0 atom stereocenters. The van der Waals surface area contributed by atoms with E-state index in [0.29, 0.717) is 29.1 Å². The van der Waals surface area contributed by atoms with Crippen molar-refractivity contribution in [3.63, 3.8) is 0 Å². The molecule has 0 aliphatic heterocycles. The quantitative estimate of drug-likeness (QED) is 0.334. The Hall–Kier alpha value is -4.46. The SMILES string of the molecule is Cn1ncc(C(=O)CCc2ccccn2)c1C(=O)Cc1ccn2cc(-c3ccccc3)nc2n1. The predicted octanol–water partition coefficient (Wildman–Crippen LogP) is 3.77. The first kappa shape index (κ1) is 21.4. The molecule has 8 nitrogen and oxygen atoms in total. The molecule has 0 fully saturated rings. The van der Waals surface area contributed by atoms with Crippen LogP contribution in [0.3, 0.4) is 0 Å². The first-order valence-electron chi connectivity index (χ1n) is 11.0. The van der Waals surface area contributed by atoms with Crippen LogP contribution < -0.4 is 0 Å². The maximum Gasteiger partial charge on any atom is 0.234 e. The summed E-state index contributed by atoms with van der Waals surface area (Å²) in [6.07, 6.45) is 7.71. The van der Waals surface area contributed by atoms with E-state index in [9.17, 15) is 9.59 Å². The van der Waals surface area contributed by atoms with Crippen LogP contribution in [0.5, 0.6) is 0 Å². The topological polar surface area (TPSA) is 95.0 Å². The maximum absolute atomic E-state index is 13.2.